The Bertz CT molecular complexity index is 674. The molecule has 1 aliphatic heterocycles. The van der Waals surface area contributed by atoms with E-state index in [1.54, 1.807) is 17.9 Å². The molecule has 2 rings (SSSR count). The molecular weight excluding hydrogens is 310 g/mol. The maximum absolute atomic E-state index is 12.0. The standard InChI is InChI=1S/C17H23N3O4/c1-11-5-6-13(12(2)9-11)18-16(24)19-14(21)10-20-8-4-7-17(20,3)15(22)23/h5-6,9H,4,7-8,10H2,1-3H3,(H,22,23)(H2,18,19,21,24). The third-order valence-electron chi connectivity index (χ3n) is 4.47. The molecule has 130 valence electrons. The van der Waals surface area contributed by atoms with Crippen LogP contribution < -0.4 is 10.6 Å². The molecule has 3 N–H and O–H groups in total. The highest BCUT2D eigenvalue weighted by Crippen LogP contribution is 2.28. The number of hydrogen-bond acceptors (Lipinski definition) is 4. The van der Waals surface area contributed by atoms with E-state index in [-0.39, 0.29) is 6.54 Å². The van der Waals surface area contributed by atoms with E-state index in [1.165, 1.54) is 0 Å². The summed E-state index contributed by atoms with van der Waals surface area (Å²) in [6.45, 7) is 5.83. The summed E-state index contributed by atoms with van der Waals surface area (Å²) in [5.74, 6) is -1.47. The van der Waals surface area contributed by atoms with Gasteiger partial charge in [-0.15, -0.1) is 0 Å². The largest absolute Gasteiger partial charge is 0.480 e. The number of likely N-dealkylation sites (tertiary alicyclic amines) is 1. The van der Waals surface area contributed by atoms with Crippen molar-refractivity contribution >= 4 is 23.6 Å². The number of aryl methyl sites for hydroxylation is 2. The van der Waals surface area contributed by atoms with Crippen LogP contribution in [0.15, 0.2) is 18.2 Å². The topological polar surface area (TPSA) is 98.7 Å². The van der Waals surface area contributed by atoms with Gasteiger partial charge in [-0.2, -0.15) is 0 Å². The first kappa shape index (κ1) is 17.9. The van der Waals surface area contributed by atoms with Gasteiger partial charge in [0, 0.05) is 5.69 Å². The van der Waals surface area contributed by atoms with Crippen molar-refractivity contribution in [2.75, 3.05) is 18.4 Å². The third kappa shape index (κ3) is 3.91. The number of imide groups is 1. The number of nitrogens with one attached hydrogen (secondary N) is 2. The number of hydrogen-bond donors (Lipinski definition) is 3. The first-order valence-corrected chi connectivity index (χ1v) is 7.89. The van der Waals surface area contributed by atoms with Crippen molar-refractivity contribution in [3.8, 4) is 0 Å². The average Bonchev–Trinajstić information content (AvgIpc) is 2.84. The number of anilines is 1. The van der Waals surface area contributed by atoms with E-state index in [0.717, 1.165) is 11.1 Å². The van der Waals surface area contributed by atoms with E-state index in [2.05, 4.69) is 10.6 Å². The zero-order chi connectivity index (χ0) is 17.9. The summed E-state index contributed by atoms with van der Waals surface area (Å²) in [6.07, 6.45) is 1.20. The predicted octanol–water partition coefficient (Wildman–Crippen LogP) is 1.89. The van der Waals surface area contributed by atoms with Crippen LogP contribution in [0.1, 0.15) is 30.9 Å². The molecule has 3 amide bonds. The van der Waals surface area contributed by atoms with Gasteiger partial charge in [-0.05, 0) is 51.8 Å². The predicted molar refractivity (Wildman–Crippen MR) is 89.9 cm³/mol. The Hall–Kier alpha value is -2.41. The Kier molecular flexibility index (Phi) is 5.23. The van der Waals surface area contributed by atoms with Crippen molar-refractivity contribution < 1.29 is 19.5 Å². The van der Waals surface area contributed by atoms with E-state index in [1.807, 2.05) is 26.0 Å². The molecule has 0 spiro atoms. The van der Waals surface area contributed by atoms with Crippen LogP contribution in [-0.2, 0) is 9.59 Å². The highest BCUT2D eigenvalue weighted by Gasteiger charge is 2.43. The van der Waals surface area contributed by atoms with Crippen LogP contribution >= 0.6 is 0 Å². The normalized spacial score (nSPS) is 20.6. The Labute approximate surface area is 141 Å². The van der Waals surface area contributed by atoms with Crippen molar-refractivity contribution in [3.63, 3.8) is 0 Å². The summed E-state index contributed by atoms with van der Waals surface area (Å²) in [5, 5.41) is 14.2. The number of amides is 3. The lowest BCUT2D eigenvalue weighted by molar-refractivity contribution is -0.149. The number of carbonyl (C=O) groups is 3. The van der Waals surface area contributed by atoms with Crippen LogP contribution in [0.3, 0.4) is 0 Å². The lowest BCUT2D eigenvalue weighted by Gasteiger charge is -2.30. The van der Waals surface area contributed by atoms with Crippen LogP contribution in [0.25, 0.3) is 0 Å². The molecule has 7 nitrogen and oxygen atoms in total. The number of benzene rings is 1. The number of carbonyl (C=O) groups excluding carboxylic acids is 2. The summed E-state index contributed by atoms with van der Waals surface area (Å²) < 4.78 is 0. The molecule has 1 heterocycles. The van der Waals surface area contributed by atoms with E-state index < -0.39 is 23.4 Å². The number of carboxylic acid groups (broad SMARTS) is 1. The maximum Gasteiger partial charge on any atom is 0.325 e. The average molecular weight is 333 g/mol. The first-order chi connectivity index (χ1) is 11.2. The fourth-order valence-corrected chi connectivity index (χ4v) is 2.96. The van der Waals surface area contributed by atoms with Crippen molar-refractivity contribution in [1.29, 1.82) is 0 Å². The van der Waals surface area contributed by atoms with Crippen LogP contribution in [0.2, 0.25) is 0 Å². The number of rotatable bonds is 4. The lowest BCUT2D eigenvalue weighted by atomic mass is 9.99. The number of carboxylic acids is 1. The molecule has 0 saturated carbocycles. The number of nitrogens with zero attached hydrogens (tertiary/aromatic N) is 1. The van der Waals surface area contributed by atoms with Crippen molar-refractivity contribution in [1.82, 2.24) is 10.2 Å². The smallest absolute Gasteiger partial charge is 0.325 e. The molecule has 7 heteroatoms. The minimum atomic E-state index is -1.05. The molecule has 1 saturated heterocycles. The second-order valence-electron chi connectivity index (χ2n) is 6.42. The molecule has 1 fully saturated rings. The minimum absolute atomic E-state index is 0.122. The molecule has 1 unspecified atom stereocenters. The number of urea groups is 1. The zero-order valence-corrected chi connectivity index (χ0v) is 14.2. The Balaban J connectivity index is 1.92. The Morgan fingerprint density at radius 2 is 2.00 bits per heavy atom. The fourth-order valence-electron chi connectivity index (χ4n) is 2.96. The molecule has 24 heavy (non-hydrogen) atoms. The van der Waals surface area contributed by atoms with Gasteiger partial charge < -0.3 is 10.4 Å². The Morgan fingerprint density at radius 3 is 2.62 bits per heavy atom. The van der Waals surface area contributed by atoms with Gasteiger partial charge in [0.05, 0.1) is 6.54 Å². The summed E-state index contributed by atoms with van der Waals surface area (Å²) in [6, 6.07) is 4.95. The number of aliphatic carboxylic acids is 1. The van der Waals surface area contributed by atoms with Gasteiger partial charge >= 0.3 is 12.0 Å². The molecule has 0 aromatic heterocycles. The zero-order valence-electron chi connectivity index (χ0n) is 14.2. The van der Waals surface area contributed by atoms with Crippen LogP contribution in [0.5, 0.6) is 0 Å². The second-order valence-corrected chi connectivity index (χ2v) is 6.42. The van der Waals surface area contributed by atoms with E-state index in [9.17, 15) is 19.5 Å². The van der Waals surface area contributed by atoms with E-state index >= 15 is 0 Å². The van der Waals surface area contributed by atoms with Crippen LogP contribution in [0, 0.1) is 13.8 Å². The summed E-state index contributed by atoms with van der Waals surface area (Å²) in [5.41, 5.74) is 1.55. The van der Waals surface area contributed by atoms with Crippen molar-refractivity contribution in [3.05, 3.63) is 29.3 Å². The van der Waals surface area contributed by atoms with Crippen molar-refractivity contribution in [2.45, 2.75) is 39.2 Å². The van der Waals surface area contributed by atoms with Gasteiger partial charge in [-0.25, -0.2) is 4.79 Å². The van der Waals surface area contributed by atoms with Crippen molar-refractivity contribution in [2.24, 2.45) is 0 Å². The molecule has 0 aliphatic carbocycles. The molecular formula is C17H23N3O4. The van der Waals surface area contributed by atoms with Gasteiger partial charge in [-0.1, -0.05) is 17.7 Å². The molecule has 0 radical (unpaired) electrons. The molecule has 1 aromatic rings. The molecule has 0 bridgehead atoms. The molecule has 1 aromatic carbocycles. The van der Waals surface area contributed by atoms with Gasteiger partial charge in [0.2, 0.25) is 5.91 Å². The second kappa shape index (κ2) is 7.00. The van der Waals surface area contributed by atoms with Gasteiger partial charge in [0.1, 0.15) is 5.54 Å². The minimum Gasteiger partial charge on any atom is -0.480 e. The SMILES string of the molecule is Cc1ccc(NC(=O)NC(=O)CN2CCCC2(C)C(=O)O)c(C)c1. The summed E-state index contributed by atoms with van der Waals surface area (Å²) in [7, 11) is 0. The van der Waals surface area contributed by atoms with E-state index in [4.69, 9.17) is 0 Å². The van der Waals surface area contributed by atoms with Gasteiger partial charge in [0.25, 0.3) is 0 Å². The summed E-state index contributed by atoms with van der Waals surface area (Å²) in [4.78, 5) is 37.0. The highest BCUT2D eigenvalue weighted by molar-refractivity contribution is 6.02. The third-order valence-corrected chi connectivity index (χ3v) is 4.47. The quantitative estimate of drug-likeness (QED) is 0.781. The highest BCUT2D eigenvalue weighted by atomic mass is 16.4. The first-order valence-electron chi connectivity index (χ1n) is 7.89. The van der Waals surface area contributed by atoms with Crippen LogP contribution in [0.4, 0.5) is 10.5 Å². The van der Waals surface area contributed by atoms with Gasteiger partial charge in [-0.3, -0.25) is 19.8 Å². The monoisotopic (exact) mass is 333 g/mol. The molecule has 1 aliphatic rings. The fraction of sp³-hybridized carbons (Fsp3) is 0.471. The van der Waals surface area contributed by atoms with Gasteiger partial charge in [0.15, 0.2) is 0 Å². The maximum atomic E-state index is 12.0. The molecule has 1 atom stereocenters. The van der Waals surface area contributed by atoms with E-state index in [0.29, 0.717) is 25.1 Å². The lowest BCUT2D eigenvalue weighted by Crippen LogP contribution is -2.52. The van der Waals surface area contributed by atoms with Crippen LogP contribution in [-0.4, -0.2) is 46.5 Å². The Morgan fingerprint density at radius 1 is 1.29 bits per heavy atom. The summed E-state index contributed by atoms with van der Waals surface area (Å²) >= 11 is 0.